The number of aromatic hydroxyl groups is 3. The molecule has 0 unspecified atom stereocenters. The molecular formula is C26H26O12. The molecule has 0 aliphatic heterocycles. The first-order valence-corrected chi connectivity index (χ1v) is 11.2. The number of benzene rings is 2. The quantitative estimate of drug-likeness (QED) is 0.163. The van der Waals surface area contributed by atoms with Crippen molar-refractivity contribution in [3.63, 3.8) is 0 Å². The number of phenolic OH excluding ortho intramolecular Hbond substituents is 3. The van der Waals surface area contributed by atoms with E-state index in [1.165, 1.54) is 55.7 Å². The van der Waals surface area contributed by atoms with Gasteiger partial charge in [-0.05, 0) is 47.5 Å². The van der Waals surface area contributed by atoms with Gasteiger partial charge < -0.3 is 44.8 Å². The Morgan fingerprint density at radius 3 is 1.82 bits per heavy atom. The number of carboxylic acids is 1. The van der Waals surface area contributed by atoms with Gasteiger partial charge in [-0.15, -0.1) is 0 Å². The number of aliphatic carboxylic acids is 1. The van der Waals surface area contributed by atoms with Crippen molar-refractivity contribution in [2.45, 2.75) is 36.8 Å². The molecule has 0 heterocycles. The molecule has 202 valence electrons. The van der Waals surface area contributed by atoms with Crippen molar-refractivity contribution in [3.05, 3.63) is 59.7 Å². The summed E-state index contributed by atoms with van der Waals surface area (Å²) in [6, 6.07) is 8.05. The largest absolute Gasteiger partial charge is 0.504 e. The minimum Gasteiger partial charge on any atom is -0.504 e. The van der Waals surface area contributed by atoms with Crippen LogP contribution in [-0.4, -0.2) is 79.6 Å². The smallest absolute Gasteiger partial charge is 0.335 e. The standard InChI is InChI=1S/C26H26O12/c1-36-19-11-15(3-7-17(19)28)5-9-23(31)38-21-13-26(35,25(33)34)12-20(24(21)32)37-22(30)8-4-14-2-6-16(27)18(29)10-14/h2-11,20-21,24,27-29,32,35H,12-13H2,1H3,(H,33,34)/t20-,21+,24-,26+/m1/s1. The second kappa shape index (κ2) is 11.7. The normalized spacial score (nSPS) is 23.3. The van der Waals surface area contributed by atoms with Gasteiger partial charge in [-0.3, -0.25) is 0 Å². The number of carbonyl (C=O) groups is 3. The van der Waals surface area contributed by atoms with E-state index in [9.17, 15) is 45.0 Å². The van der Waals surface area contributed by atoms with Gasteiger partial charge in [0, 0.05) is 25.0 Å². The molecule has 4 atom stereocenters. The SMILES string of the molecule is COc1cc(C=CC(=O)O[C@H]2C[C@](O)(C(=O)O)C[C@@H](OC(=O)C=Cc3ccc(O)c(O)c3)[C@H]2O)ccc1O. The number of carboxylic acid groups (broad SMARTS) is 1. The second-order valence-electron chi connectivity index (χ2n) is 8.53. The van der Waals surface area contributed by atoms with Crippen LogP contribution in [0.2, 0.25) is 0 Å². The highest BCUT2D eigenvalue weighted by atomic mass is 16.6. The fourth-order valence-corrected chi connectivity index (χ4v) is 3.77. The lowest BCUT2D eigenvalue weighted by molar-refractivity contribution is -0.203. The van der Waals surface area contributed by atoms with E-state index in [0.29, 0.717) is 11.1 Å². The summed E-state index contributed by atoms with van der Waals surface area (Å²) in [7, 11) is 1.35. The van der Waals surface area contributed by atoms with E-state index in [0.717, 1.165) is 12.2 Å². The van der Waals surface area contributed by atoms with Crippen molar-refractivity contribution in [3.8, 4) is 23.0 Å². The van der Waals surface area contributed by atoms with Crippen LogP contribution in [0.15, 0.2) is 48.6 Å². The van der Waals surface area contributed by atoms with Gasteiger partial charge in [-0.2, -0.15) is 0 Å². The van der Waals surface area contributed by atoms with Crippen molar-refractivity contribution < 1.29 is 59.2 Å². The maximum absolute atomic E-state index is 12.4. The Hall–Kier alpha value is -4.55. The fraction of sp³-hybridized carbons (Fsp3) is 0.269. The van der Waals surface area contributed by atoms with Gasteiger partial charge in [0.05, 0.1) is 7.11 Å². The molecular weight excluding hydrogens is 504 g/mol. The van der Waals surface area contributed by atoms with E-state index in [1.807, 2.05) is 0 Å². The molecule has 1 aliphatic carbocycles. The van der Waals surface area contributed by atoms with Crippen molar-refractivity contribution in [2.75, 3.05) is 7.11 Å². The van der Waals surface area contributed by atoms with Crippen LogP contribution in [0.25, 0.3) is 12.2 Å². The molecule has 2 aromatic rings. The number of hydrogen-bond donors (Lipinski definition) is 6. The minimum absolute atomic E-state index is 0.109. The van der Waals surface area contributed by atoms with Crippen LogP contribution in [0.3, 0.4) is 0 Å². The Morgan fingerprint density at radius 2 is 1.34 bits per heavy atom. The molecule has 1 saturated carbocycles. The lowest BCUT2D eigenvalue weighted by atomic mass is 9.79. The van der Waals surface area contributed by atoms with Crippen LogP contribution in [0.1, 0.15) is 24.0 Å². The van der Waals surface area contributed by atoms with Crippen LogP contribution >= 0.6 is 0 Å². The molecule has 6 N–H and O–H groups in total. The Kier molecular flexibility index (Phi) is 8.61. The lowest BCUT2D eigenvalue weighted by Crippen LogP contribution is -2.58. The third kappa shape index (κ3) is 6.81. The third-order valence-electron chi connectivity index (χ3n) is 5.80. The molecule has 0 saturated heterocycles. The van der Waals surface area contributed by atoms with Gasteiger partial charge in [0.2, 0.25) is 0 Å². The highest BCUT2D eigenvalue weighted by Crippen LogP contribution is 2.33. The summed E-state index contributed by atoms with van der Waals surface area (Å²) < 4.78 is 15.3. The first kappa shape index (κ1) is 28.0. The number of phenols is 3. The zero-order valence-electron chi connectivity index (χ0n) is 20.1. The van der Waals surface area contributed by atoms with Crippen molar-refractivity contribution in [2.24, 2.45) is 0 Å². The van der Waals surface area contributed by atoms with Crippen LogP contribution < -0.4 is 4.74 Å². The molecule has 0 amide bonds. The summed E-state index contributed by atoms with van der Waals surface area (Å²) in [6.07, 6.45) is -1.58. The Morgan fingerprint density at radius 1 is 0.842 bits per heavy atom. The monoisotopic (exact) mass is 530 g/mol. The van der Waals surface area contributed by atoms with E-state index in [2.05, 4.69) is 0 Å². The molecule has 3 rings (SSSR count). The molecule has 2 aromatic carbocycles. The number of ether oxygens (including phenoxy) is 3. The summed E-state index contributed by atoms with van der Waals surface area (Å²) in [6.45, 7) is 0. The number of rotatable bonds is 8. The Bertz CT molecular complexity index is 1270. The first-order valence-electron chi connectivity index (χ1n) is 11.2. The summed E-state index contributed by atoms with van der Waals surface area (Å²) in [5.74, 6) is -4.37. The van der Waals surface area contributed by atoms with Gasteiger partial charge in [0.15, 0.2) is 28.6 Å². The van der Waals surface area contributed by atoms with Crippen molar-refractivity contribution in [1.29, 1.82) is 0 Å². The molecule has 38 heavy (non-hydrogen) atoms. The van der Waals surface area contributed by atoms with Crippen molar-refractivity contribution >= 4 is 30.1 Å². The number of hydrogen-bond acceptors (Lipinski definition) is 11. The van der Waals surface area contributed by atoms with Crippen LogP contribution in [0.4, 0.5) is 0 Å². The maximum atomic E-state index is 12.4. The third-order valence-corrected chi connectivity index (χ3v) is 5.80. The highest BCUT2D eigenvalue weighted by molar-refractivity contribution is 5.88. The first-order chi connectivity index (χ1) is 17.9. The second-order valence-corrected chi connectivity index (χ2v) is 8.53. The van der Waals surface area contributed by atoms with Gasteiger partial charge in [-0.1, -0.05) is 12.1 Å². The van der Waals surface area contributed by atoms with Crippen LogP contribution in [-0.2, 0) is 23.9 Å². The number of aliphatic hydroxyl groups excluding tert-OH is 1. The molecule has 12 heteroatoms. The molecule has 0 aromatic heterocycles. The fourth-order valence-electron chi connectivity index (χ4n) is 3.77. The maximum Gasteiger partial charge on any atom is 0.335 e. The average Bonchev–Trinajstić information content (AvgIpc) is 2.87. The lowest BCUT2D eigenvalue weighted by Gasteiger charge is -2.40. The topological polar surface area (TPSA) is 200 Å². The Labute approximate surface area is 216 Å². The molecule has 0 radical (unpaired) electrons. The van der Waals surface area contributed by atoms with Crippen LogP contribution in [0.5, 0.6) is 23.0 Å². The predicted octanol–water partition coefficient (Wildman–Crippen LogP) is 1.33. The van der Waals surface area contributed by atoms with E-state index < -0.39 is 60.4 Å². The van der Waals surface area contributed by atoms with Gasteiger partial charge >= 0.3 is 17.9 Å². The van der Waals surface area contributed by atoms with E-state index in [-0.39, 0.29) is 17.2 Å². The average molecular weight is 530 g/mol. The summed E-state index contributed by atoms with van der Waals surface area (Å²) in [5.41, 5.74) is -1.67. The molecule has 1 aliphatic rings. The summed E-state index contributed by atoms with van der Waals surface area (Å²) >= 11 is 0. The summed E-state index contributed by atoms with van der Waals surface area (Å²) in [4.78, 5) is 36.4. The number of esters is 2. The van der Waals surface area contributed by atoms with E-state index >= 15 is 0 Å². The molecule has 0 spiro atoms. The van der Waals surface area contributed by atoms with E-state index in [4.69, 9.17) is 14.2 Å². The van der Waals surface area contributed by atoms with Gasteiger partial charge in [0.1, 0.15) is 18.3 Å². The minimum atomic E-state index is -2.46. The number of methoxy groups -OCH3 is 1. The van der Waals surface area contributed by atoms with Gasteiger partial charge in [-0.25, -0.2) is 14.4 Å². The summed E-state index contributed by atoms with van der Waals surface area (Å²) in [5, 5.41) is 59.3. The molecule has 12 nitrogen and oxygen atoms in total. The van der Waals surface area contributed by atoms with Gasteiger partial charge in [0.25, 0.3) is 0 Å². The molecule has 1 fully saturated rings. The Balaban J connectivity index is 1.71. The van der Waals surface area contributed by atoms with Crippen molar-refractivity contribution in [1.82, 2.24) is 0 Å². The zero-order chi connectivity index (χ0) is 28.0. The van der Waals surface area contributed by atoms with E-state index in [1.54, 1.807) is 0 Å². The molecule has 0 bridgehead atoms. The number of aliphatic hydroxyl groups is 2. The zero-order valence-corrected chi connectivity index (χ0v) is 20.1. The predicted molar refractivity (Wildman–Crippen MR) is 130 cm³/mol. The highest BCUT2D eigenvalue weighted by Gasteiger charge is 2.52. The van der Waals surface area contributed by atoms with Crippen LogP contribution in [0, 0.1) is 0 Å². The number of carbonyl (C=O) groups excluding carboxylic acids is 2.